The van der Waals surface area contributed by atoms with Crippen LogP contribution in [-0.4, -0.2) is 73.5 Å². The summed E-state index contributed by atoms with van der Waals surface area (Å²) in [7, 11) is 0. The van der Waals surface area contributed by atoms with E-state index in [1.165, 1.54) is 40.4 Å². The lowest BCUT2D eigenvalue weighted by Crippen LogP contribution is -2.52. The summed E-state index contributed by atoms with van der Waals surface area (Å²) < 4.78 is 31.9. The van der Waals surface area contributed by atoms with Crippen molar-refractivity contribution in [2.45, 2.75) is 18.7 Å². The lowest BCUT2D eigenvalue weighted by atomic mass is 9.92. The van der Waals surface area contributed by atoms with E-state index in [-0.39, 0.29) is 18.7 Å². The van der Waals surface area contributed by atoms with E-state index < -0.39 is 17.2 Å². The van der Waals surface area contributed by atoms with Crippen molar-refractivity contribution in [3.63, 3.8) is 0 Å². The van der Waals surface area contributed by atoms with Crippen LogP contribution in [0.3, 0.4) is 0 Å². The monoisotopic (exact) mass is 466 g/mol. The van der Waals surface area contributed by atoms with Gasteiger partial charge in [0.05, 0.1) is 6.54 Å². The van der Waals surface area contributed by atoms with Crippen LogP contribution in [0.4, 0.5) is 8.78 Å². The van der Waals surface area contributed by atoms with E-state index in [0.717, 1.165) is 45.3 Å². The molecule has 1 unspecified atom stereocenters. The van der Waals surface area contributed by atoms with E-state index >= 15 is 0 Å². The molecule has 0 bridgehead atoms. The van der Waals surface area contributed by atoms with Crippen molar-refractivity contribution in [3.8, 4) is 0 Å². The van der Waals surface area contributed by atoms with Crippen LogP contribution in [0, 0.1) is 11.6 Å². The van der Waals surface area contributed by atoms with Crippen molar-refractivity contribution in [1.29, 1.82) is 0 Å². The number of nitrogens with zero attached hydrogens (tertiary/aromatic N) is 6. The summed E-state index contributed by atoms with van der Waals surface area (Å²) in [6, 6.07) is 13.8. The van der Waals surface area contributed by atoms with E-state index in [0.29, 0.717) is 0 Å². The third-order valence-electron chi connectivity index (χ3n) is 6.61. The standard InChI is InChI=1S/C25H28F2N6O/c26-21-5-6-22(23(27)15-21)25(34,17-33-19-28-18-29-33)16-31-11-9-30(10-12-31)13-14-32-8-7-20-3-1-2-4-24(20)32/h1-8,15,18-19,34H,9-14,16-17H2. The van der Waals surface area contributed by atoms with Gasteiger partial charge in [0, 0.05) is 69.2 Å². The number of benzene rings is 2. The van der Waals surface area contributed by atoms with Crippen molar-refractivity contribution in [1.82, 2.24) is 29.1 Å². The molecule has 0 amide bonds. The molecule has 1 fully saturated rings. The Kier molecular flexibility index (Phi) is 6.40. The van der Waals surface area contributed by atoms with Gasteiger partial charge < -0.3 is 9.67 Å². The smallest absolute Gasteiger partial charge is 0.137 e. The van der Waals surface area contributed by atoms with E-state index in [1.807, 2.05) is 6.07 Å². The molecule has 0 saturated carbocycles. The predicted molar refractivity (Wildman–Crippen MR) is 125 cm³/mol. The Morgan fingerprint density at radius 1 is 0.912 bits per heavy atom. The number of β-amino-alcohol motifs (C(OH)–C–C–N with tert-alkyl or cyclic N) is 1. The summed E-state index contributed by atoms with van der Waals surface area (Å²) in [6.45, 7) is 5.27. The van der Waals surface area contributed by atoms with Crippen LogP contribution in [0.15, 0.2) is 67.4 Å². The van der Waals surface area contributed by atoms with Crippen molar-refractivity contribution in [3.05, 3.63) is 84.6 Å². The number of rotatable bonds is 8. The average molecular weight is 467 g/mol. The van der Waals surface area contributed by atoms with Gasteiger partial charge in [-0.1, -0.05) is 24.3 Å². The SMILES string of the molecule is OC(CN1CCN(CCn2ccc3ccccc32)CC1)(Cn1cncn1)c1ccc(F)cc1F. The minimum absolute atomic E-state index is 0.0243. The number of halogens is 2. The van der Waals surface area contributed by atoms with E-state index in [2.05, 4.69) is 54.9 Å². The molecular weight excluding hydrogens is 438 g/mol. The molecule has 3 heterocycles. The quantitative estimate of drug-likeness (QED) is 0.433. The van der Waals surface area contributed by atoms with Crippen LogP contribution < -0.4 is 0 Å². The molecule has 34 heavy (non-hydrogen) atoms. The van der Waals surface area contributed by atoms with Gasteiger partial charge in [-0.3, -0.25) is 9.80 Å². The van der Waals surface area contributed by atoms with Crippen LogP contribution in [-0.2, 0) is 18.7 Å². The number of hydrogen-bond acceptors (Lipinski definition) is 5. The molecule has 2 aromatic carbocycles. The second kappa shape index (κ2) is 9.61. The van der Waals surface area contributed by atoms with Gasteiger partial charge in [-0.05, 0) is 23.6 Å². The van der Waals surface area contributed by atoms with Gasteiger partial charge in [0.2, 0.25) is 0 Å². The summed E-state index contributed by atoms with van der Waals surface area (Å²) in [4.78, 5) is 8.45. The van der Waals surface area contributed by atoms with Gasteiger partial charge in [0.25, 0.3) is 0 Å². The molecule has 1 aliphatic rings. The van der Waals surface area contributed by atoms with E-state index in [9.17, 15) is 13.9 Å². The molecule has 0 spiro atoms. The van der Waals surface area contributed by atoms with Crippen LogP contribution in [0.1, 0.15) is 5.56 Å². The molecule has 9 heteroatoms. The molecule has 4 aromatic rings. The number of aliphatic hydroxyl groups is 1. The molecule has 1 N–H and O–H groups in total. The highest BCUT2D eigenvalue weighted by molar-refractivity contribution is 5.79. The fraction of sp³-hybridized carbons (Fsp3) is 0.360. The van der Waals surface area contributed by atoms with Gasteiger partial charge in [-0.25, -0.2) is 18.4 Å². The maximum atomic E-state index is 14.7. The first kappa shape index (κ1) is 22.6. The Balaban J connectivity index is 1.23. The first-order valence-corrected chi connectivity index (χ1v) is 11.5. The van der Waals surface area contributed by atoms with E-state index in [1.54, 1.807) is 0 Å². The molecule has 0 radical (unpaired) electrons. The molecule has 7 nitrogen and oxygen atoms in total. The van der Waals surface area contributed by atoms with Crippen molar-refractivity contribution in [2.24, 2.45) is 0 Å². The summed E-state index contributed by atoms with van der Waals surface area (Å²) >= 11 is 0. The number of hydrogen-bond donors (Lipinski definition) is 1. The molecule has 1 atom stereocenters. The zero-order valence-corrected chi connectivity index (χ0v) is 18.9. The summed E-state index contributed by atoms with van der Waals surface area (Å²) in [5.41, 5.74) is -0.274. The average Bonchev–Trinajstić information content (AvgIpc) is 3.48. The maximum absolute atomic E-state index is 14.7. The molecule has 2 aromatic heterocycles. The molecule has 5 rings (SSSR count). The lowest BCUT2D eigenvalue weighted by molar-refractivity contribution is -0.0319. The van der Waals surface area contributed by atoms with Crippen LogP contribution >= 0.6 is 0 Å². The third kappa shape index (κ3) is 4.86. The van der Waals surface area contributed by atoms with Gasteiger partial charge in [0.15, 0.2) is 0 Å². The highest BCUT2D eigenvalue weighted by Gasteiger charge is 2.36. The Morgan fingerprint density at radius 2 is 1.71 bits per heavy atom. The first-order chi connectivity index (χ1) is 16.5. The number of piperazine rings is 1. The second-order valence-corrected chi connectivity index (χ2v) is 8.93. The molecule has 1 aliphatic heterocycles. The molecule has 178 valence electrons. The Bertz CT molecular complexity index is 1240. The number of para-hydroxylation sites is 1. The maximum Gasteiger partial charge on any atom is 0.137 e. The number of fused-ring (bicyclic) bond motifs is 1. The van der Waals surface area contributed by atoms with Gasteiger partial charge in [-0.15, -0.1) is 0 Å². The summed E-state index contributed by atoms with van der Waals surface area (Å²) in [5, 5.41) is 16.9. The van der Waals surface area contributed by atoms with Gasteiger partial charge in [-0.2, -0.15) is 5.10 Å². The largest absolute Gasteiger partial charge is 0.382 e. The Morgan fingerprint density at radius 3 is 2.47 bits per heavy atom. The molecule has 0 aliphatic carbocycles. The van der Waals surface area contributed by atoms with Gasteiger partial charge in [0.1, 0.15) is 29.9 Å². The fourth-order valence-electron chi connectivity index (χ4n) is 4.80. The zero-order valence-electron chi connectivity index (χ0n) is 18.9. The van der Waals surface area contributed by atoms with E-state index in [4.69, 9.17) is 0 Å². The number of aromatic nitrogens is 4. The van der Waals surface area contributed by atoms with Gasteiger partial charge >= 0.3 is 0 Å². The third-order valence-corrected chi connectivity index (χ3v) is 6.61. The molecule has 1 saturated heterocycles. The van der Waals surface area contributed by atoms with Crippen molar-refractivity contribution >= 4 is 10.9 Å². The van der Waals surface area contributed by atoms with Crippen LogP contribution in [0.2, 0.25) is 0 Å². The normalized spacial score (nSPS) is 17.3. The summed E-state index contributed by atoms with van der Waals surface area (Å²) in [5.74, 6) is -1.44. The second-order valence-electron chi connectivity index (χ2n) is 8.93. The van der Waals surface area contributed by atoms with Crippen molar-refractivity contribution < 1.29 is 13.9 Å². The van der Waals surface area contributed by atoms with Crippen molar-refractivity contribution in [2.75, 3.05) is 39.3 Å². The Labute approximate surface area is 196 Å². The van der Waals surface area contributed by atoms with Crippen LogP contribution in [0.25, 0.3) is 10.9 Å². The minimum Gasteiger partial charge on any atom is -0.382 e. The molecular formula is C25H28F2N6O. The first-order valence-electron chi connectivity index (χ1n) is 11.5. The minimum atomic E-state index is -1.57. The highest BCUT2D eigenvalue weighted by atomic mass is 19.1. The fourth-order valence-corrected chi connectivity index (χ4v) is 4.80. The Hall–Kier alpha value is -3.14. The predicted octanol–water partition coefficient (Wildman–Crippen LogP) is 2.72. The summed E-state index contributed by atoms with van der Waals surface area (Å²) in [6.07, 6.45) is 4.98. The zero-order chi connectivity index (χ0) is 23.5. The van der Waals surface area contributed by atoms with Crippen LogP contribution in [0.5, 0.6) is 0 Å². The lowest BCUT2D eigenvalue weighted by Gasteiger charge is -2.39. The highest BCUT2D eigenvalue weighted by Crippen LogP contribution is 2.28. The topological polar surface area (TPSA) is 62.4 Å².